The molecule has 2 aromatic heterocycles. The third kappa shape index (κ3) is 3.56. The Kier molecular flexibility index (Phi) is 4.81. The van der Waals surface area contributed by atoms with Crippen LogP contribution < -0.4 is 0 Å². The third-order valence-corrected chi connectivity index (χ3v) is 6.01. The molecule has 0 bridgehead atoms. The summed E-state index contributed by atoms with van der Waals surface area (Å²) >= 11 is 0. The van der Waals surface area contributed by atoms with E-state index in [1.54, 1.807) is 6.07 Å². The molecule has 0 unspecified atom stereocenters. The average molecular weight is 426 g/mol. The van der Waals surface area contributed by atoms with Crippen molar-refractivity contribution < 1.29 is 8.81 Å². The molecular weight excluding hydrogens is 397 g/mol. The second kappa shape index (κ2) is 7.44. The van der Waals surface area contributed by atoms with E-state index in [1.165, 1.54) is 11.6 Å². The molecule has 0 fully saturated rings. The van der Waals surface area contributed by atoms with Crippen LogP contribution in [0.5, 0.6) is 0 Å². The summed E-state index contributed by atoms with van der Waals surface area (Å²) in [5.74, 6) is 0.120. The maximum Gasteiger partial charge on any atom is 0.144 e. The van der Waals surface area contributed by atoms with Crippen molar-refractivity contribution in [1.82, 2.24) is 4.98 Å². The van der Waals surface area contributed by atoms with Crippen LogP contribution in [0.4, 0.5) is 4.39 Å². The molecule has 0 aliphatic carbocycles. The van der Waals surface area contributed by atoms with Crippen LogP contribution in [0.2, 0.25) is 0 Å². The van der Waals surface area contributed by atoms with Crippen LogP contribution in [0.1, 0.15) is 51.8 Å². The van der Waals surface area contributed by atoms with Crippen molar-refractivity contribution in [2.45, 2.75) is 47.0 Å². The van der Waals surface area contributed by atoms with Gasteiger partial charge in [-0.3, -0.25) is 4.98 Å². The van der Waals surface area contributed by atoms with Crippen molar-refractivity contribution in [3.05, 3.63) is 77.7 Å². The topological polar surface area (TPSA) is 26.0 Å². The van der Waals surface area contributed by atoms with Gasteiger partial charge in [0.15, 0.2) is 0 Å². The molecular formula is C29H28FNO. The molecule has 0 saturated carbocycles. The van der Waals surface area contributed by atoms with E-state index in [0.717, 1.165) is 50.7 Å². The van der Waals surface area contributed by atoms with Crippen molar-refractivity contribution in [2.24, 2.45) is 5.41 Å². The number of furan rings is 1. The molecule has 3 aromatic carbocycles. The lowest BCUT2D eigenvalue weighted by Gasteiger charge is -2.19. The van der Waals surface area contributed by atoms with Crippen LogP contribution in [-0.2, 0) is 6.42 Å². The second-order valence-electron chi connectivity index (χ2n) is 10.2. The number of rotatable bonds is 3. The number of aromatic nitrogens is 1. The molecule has 32 heavy (non-hydrogen) atoms. The Labute approximate surface area is 188 Å². The lowest BCUT2D eigenvalue weighted by molar-refractivity contribution is 0.406. The molecule has 0 N–H and O–H groups in total. The van der Waals surface area contributed by atoms with Gasteiger partial charge in [-0.15, -0.1) is 0 Å². The number of benzene rings is 3. The number of hydrogen-bond acceptors (Lipinski definition) is 2. The van der Waals surface area contributed by atoms with E-state index in [0.29, 0.717) is 11.3 Å². The van der Waals surface area contributed by atoms with Crippen molar-refractivity contribution >= 4 is 32.7 Å². The Bertz CT molecular complexity index is 1470. The predicted molar refractivity (Wildman–Crippen MR) is 132 cm³/mol. The van der Waals surface area contributed by atoms with Gasteiger partial charge in [-0.2, -0.15) is 0 Å². The normalized spacial score (nSPS) is 12.5. The molecule has 0 aliphatic heterocycles. The highest BCUT2D eigenvalue weighted by Crippen LogP contribution is 2.40. The molecule has 162 valence electrons. The molecule has 0 spiro atoms. The molecule has 0 amide bonds. The molecule has 0 saturated heterocycles. The number of para-hydroxylation sites is 1. The summed E-state index contributed by atoms with van der Waals surface area (Å²) in [6.45, 7) is 10.9. The van der Waals surface area contributed by atoms with E-state index in [9.17, 15) is 4.39 Å². The van der Waals surface area contributed by atoms with Gasteiger partial charge < -0.3 is 4.42 Å². The Morgan fingerprint density at radius 1 is 0.875 bits per heavy atom. The zero-order valence-electron chi connectivity index (χ0n) is 19.3. The van der Waals surface area contributed by atoms with Crippen molar-refractivity contribution in [1.29, 1.82) is 0 Å². The Balaban J connectivity index is 1.91. The van der Waals surface area contributed by atoms with E-state index >= 15 is 0 Å². The summed E-state index contributed by atoms with van der Waals surface area (Å²) in [6.07, 6.45) is 0.761. The Morgan fingerprint density at radius 2 is 1.62 bits per heavy atom. The fourth-order valence-corrected chi connectivity index (χ4v) is 4.49. The summed E-state index contributed by atoms with van der Waals surface area (Å²) in [4.78, 5) is 5.09. The zero-order chi connectivity index (χ0) is 22.6. The summed E-state index contributed by atoms with van der Waals surface area (Å²) in [6, 6.07) is 19.6. The Hall–Kier alpha value is -3.20. The smallest absolute Gasteiger partial charge is 0.144 e. The maximum absolute atomic E-state index is 14.9. The minimum atomic E-state index is -0.220. The van der Waals surface area contributed by atoms with Gasteiger partial charge in [-0.25, -0.2) is 4.39 Å². The van der Waals surface area contributed by atoms with Crippen LogP contribution in [-0.4, -0.2) is 4.98 Å². The Morgan fingerprint density at radius 3 is 2.38 bits per heavy atom. The SMILES string of the molecule is CC(C)c1cc(-c2nc(CC(C)(C)C)cc3c(F)cccc23)c2oc3ccccc3c2c1. The van der Waals surface area contributed by atoms with Gasteiger partial charge in [-0.1, -0.05) is 65.0 Å². The highest BCUT2D eigenvalue weighted by atomic mass is 19.1. The fraction of sp³-hybridized carbons (Fsp3) is 0.276. The van der Waals surface area contributed by atoms with Gasteiger partial charge >= 0.3 is 0 Å². The van der Waals surface area contributed by atoms with Gasteiger partial charge in [0.05, 0.1) is 5.69 Å². The molecule has 5 rings (SSSR count). The summed E-state index contributed by atoms with van der Waals surface area (Å²) in [7, 11) is 0. The van der Waals surface area contributed by atoms with Crippen LogP contribution in [0.15, 0.2) is 65.1 Å². The molecule has 2 nitrogen and oxygen atoms in total. The van der Waals surface area contributed by atoms with Gasteiger partial charge in [0.2, 0.25) is 0 Å². The average Bonchev–Trinajstić information content (AvgIpc) is 3.11. The molecule has 0 radical (unpaired) electrons. The predicted octanol–water partition coefficient (Wildman–Crippen LogP) is 8.65. The fourth-order valence-electron chi connectivity index (χ4n) is 4.49. The first-order valence-electron chi connectivity index (χ1n) is 11.2. The first-order chi connectivity index (χ1) is 15.2. The van der Waals surface area contributed by atoms with Crippen molar-refractivity contribution in [2.75, 3.05) is 0 Å². The van der Waals surface area contributed by atoms with E-state index in [1.807, 2.05) is 30.3 Å². The van der Waals surface area contributed by atoms with Crippen molar-refractivity contribution in [3.8, 4) is 11.3 Å². The van der Waals surface area contributed by atoms with Gasteiger partial charge in [0, 0.05) is 32.8 Å². The first-order valence-corrected chi connectivity index (χ1v) is 11.2. The monoisotopic (exact) mass is 425 g/mol. The lowest BCUT2D eigenvalue weighted by Crippen LogP contribution is -2.11. The second-order valence-corrected chi connectivity index (χ2v) is 10.2. The number of fused-ring (bicyclic) bond motifs is 4. The summed E-state index contributed by atoms with van der Waals surface area (Å²) in [5, 5.41) is 3.59. The number of pyridine rings is 1. The molecule has 0 atom stereocenters. The number of nitrogens with zero attached hydrogens (tertiary/aromatic N) is 1. The van der Waals surface area contributed by atoms with Gasteiger partial charge in [-0.05, 0) is 53.6 Å². The molecule has 5 aromatic rings. The van der Waals surface area contributed by atoms with Crippen LogP contribution in [0.3, 0.4) is 0 Å². The van der Waals surface area contributed by atoms with E-state index in [2.05, 4.69) is 52.8 Å². The summed E-state index contributed by atoms with van der Waals surface area (Å²) in [5.41, 5.74) is 5.52. The first kappa shape index (κ1) is 20.7. The maximum atomic E-state index is 14.9. The van der Waals surface area contributed by atoms with Gasteiger partial charge in [0.1, 0.15) is 17.0 Å². The lowest BCUT2D eigenvalue weighted by atomic mass is 9.89. The zero-order valence-corrected chi connectivity index (χ0v) is 19.3. The third-order valence-electron chi connectivity index (χ3n) is 6.01. The minimum Gasteiger partial charge on any atom is -0.455 e. The van der Waals surface area contributed by atoms with Crippen LogP contribution in [0.25, 0.3) is 44.0 Å². The van der Waals surface area contributed by atoms with E-state index in [-0.39, 0.29) is 11.2 Å². The van der Waals surface area contributed by atoms with Crippen molar-refractivity contribution in [3.63, 3.8) is 0 Å². The van der Waals surface area contributed by atoms with Crippen LogP contribution >= 0.6 is 0 Å². The van der Waals surface area contributed by atoms with E-state index in [4.69, 9.17) is 9.40 Å². The van der Waals surface area contributed by atoms with Gasteiger partial charge in [0.25, 0.3) is 0 Å². The number of hydrogen-bond donors (Lipinski definition) is 0. The van der Waals surface area contributed by atoms with Crippen LogP contribution in [0, 0.1) is 11.2 Å². The highest BCUT2D eigenvalue weighted by molar-refractivity contribution is 6.12. The largest absolute Gasteiger partial charge is 0.455 e. The molecule has 3 heteroatoms. The summed E-state index contributed by atoms with van der Waals surface area (Å²) < 4.78 is 21.3. The molecule has 0 aliphatic rings. The number of halogens is 1. The minimum absolute atomic E-state index is 0.0394. The molecule has 2 heterocycles. The standard InChI is InChI=1S/C29H28FNO/c1-17(2)18-13-23-20-9-6-7-12-26(20)32-28(23)24(14-18)27-21-10-8-11-25(30)22(21)15-19(31-27)16-29(3,4)5/h6-15,17H,16H2,1-5H3. The quantitative estimate of drug-likeness (QED) is 0.289. The highest BCUT2D eigenvalue weighted by Gasteiger charge is 2.21. The van der Waals surface area contributed by atoms with E-state index < -0.39 is 0 Å².